The molecule has 0 spiro atoms. The van der Waals surface area contributed by atoms with Crippen molar-refractivity contribution in [3.8, 4) is 0 Å². The highest BCUT2D eigenvalue weighted by atomic mass is 16.5. The maximum absolute atomic E-state index is 11.2. The van der Waals surface area contributed by atoms with E-state index in [-0.39, 0.29) is 12.0 Å². The number of benzene rings is 1. The Kier molecular flexibility index (Phi) is 6.00. The van der Waals surface area contributed by atoms with E-state index in [4.69, 9.17) is 14.7 Å². The van der Waals surface area contributed by atoms with E-state index in [1.54, 1.807) is 0 Å². The van der Waals surface area contributed by atoms with Crippen molar-refractivity contribution in [1.29, 1.82) is 0 Å². The summed E-state index contributed by atoms with van der Waals surface area (Å²) in [5.74, 6) is 2.59. The first-order valence-electron chi connectivity index (χ1n) is 10.9. The number of aliphatic hydroxyl groups is 1. The highest BCUT2D eigenvalue weighted by molar-refractivity contribution is 5.93. The second-order valence-electron chi connectivity index (χ2n) is 9.05. The predicted molar refractivity (Wildman–Crippen MR) is 116 cm³/mol. The number of aliphatic hydroxyl groups excluding tert-OH is 1. The zero-order chi connectivity index (χ0) is 20.4. The van der Waals surface area contributed by atoms with Crippen LogP contribution in [-0.2, 0) is 4.74 Å². The lowest BCUT2D eigenvalue weighted by molar-refractivity contribution is 0.0121. The van der Waals surface area contributed by atoms with Crippen LogP contribution < -0.4 is 0 Å². The van der Waals surface area contributed by atoms with Crippen molar-refractivity contribution in [3.63, 3.8) is 0 Å². The van der Waals surface area contributed by atoms with Crippen LogP contribution in [0.4, 0.5) is 0 Å². The van der Waals surface area contributed by atoms with Gasteiger partial charge in [-0.2, -0.15) is 0 Å². The topological polar surface area (TPSA) is 54.7 Å². The summed E-state index contributed by atoms with van der Waals surface area (Å²) in [4.78, 5) is 9.52. The van der Waals surface area contributed by atoms with Crippen molar-refractivity contribution in [3.05, 3.63) is 65.5 Å². The van der Waals surface area contributed by atoms with Crippen LogP contribution in [0.5, 0.6) is 0 Å². The Bertz CT molecular complexity index is 849. The number of ether oxygens (including phenoxy) is 1. The summed E-state index contributed by atoms with van der Waals surface area (Å²) in [6, 6.07) is 16.0. The van der Waals surface area contributed by atoms with Gasteiger partial charge in [-0.1, -0.05) is 63.6 Å². The molecule has 4 nitrogen and oxygen atoms in total. The normalized spacial score (nSPS) is 28.1. The smallest absolute Gasteiger partial charge is 0.236 e. The lowest BCUT2D eigenvalue weighted by Gasteiger charge is -2.39. The van der Waals surface area contributed by atoms with Crippen molar-refractivity contribution in [2.75, 3.05) is 6.61 Å². The van der Waals surface area contributed by atoms with Gasteiger partial charge in [0.1, 0.15) is 18.3 Å². The van der Waals surface area contributed by atoms with E-state index in [0.29, 0.717) is 36.0 Å². The Morgan fingerprint density at radius 2 is 1.79 bits per heavy atom. The zero-order valence-corrected chi connectivity index (χ0v) is 17.7. The van der Waals surface area contributed by atoms with E-state index < -0.39 is 6.10 Å². The third-order valence-electron chi connectivity index (χ3n) is 6.61. The lowest BCUT2D eigenvalue weighted by atomic mass is 9.67. The molecule has 0 unspecified atom stereocenters. The molecule has 1 aliphatic heterocycles. The Labute approximate surface area is 174 Å². The van der Waals surface area contributed by atoms with Crippen LogP contribution in [0.15, 0.2) is 53.5 Å². The van der Waals surface area contributed by atoms with E-state index in [1.165, 1.54) is 12.8 Å². The van der Waals surface area contributed by atoms with Gasteiger partial charge in [-0.05, 0) is 54.2 Å². The van der Waals surface area contributed by atoms with Crippen molar-refractivity contribution in [2.24, 2.45) is 28.7 Å². The molecule has 1 aromatic carbocycles. The summed E-state index contributed by atoms with van der Waals surface area (Å²) in [5, 5.41) is 11.2. The van der Waals surface area contributed by atoms with Crippen LogP contribution in [-0.4, -0.2) is 22.6 Å². The molecule has 4 rings (SSSR count). The Morgan fingerprint density at radius 3 is 2.55 bits per heavy atom. The molecule has 1 fully saturated rings. The van der Waals surface area contributed by atoms with Gasteiger partial charge in [-0.25, -0.2) is 9.98 Å². The number of hydrogen-bond acceptors (Lipinski definition) is 4. The minimum Gasteiger partial charge on any atom is -0.474 e. The Morgan fingerprint density at radius 1 is 1.00 bits per heavy atom. The van der Waals surface area contributed by atoms with Gasteiger partial charge in [-0.3, -0.25) is 0 Å². The number of hydrogen-bond donors (Lipinski definition) is 1. The zero-order valence-electron chi connectivity index (χ0n) is 17.7. The SMILES string of the molecule is CC(C)[C@@H]1CC[C@@H](C)C[C@@H]1[C@@H](O)c1cccc(C2=N[C@H](c3ccccc3)CO2)n1. The Balaban J connectivity index is 1.55. The van der Waals surface area contributed by atoms with E-state index >= 15 is 0 Å². The quantitative estimate of drug-likeness (QED) is 0.747. The summed E-state index contributed by atoms with van der Waals surface area (Å²) >= 11 is 0. The first-order chi connectivity index (χ1) is 14.0. The van der Waals surface area contributed by atoms with Gasteiger partial charge in [0, 0.05) is 0 Å². The molecule has 2 aliphatic rings. The molecule has 1 aromatic heterocycles. The first-order valence-corrected chi connectivity index (χ1v) is 10.9. The van der Waals surface area contributed by atoms with Crippen LogP contribution >= 0.6 is 0 Å². The molecule has 2 aromatic rings. The van der Waals surface area contributed by atoms with Crippen LogP contribution in [0.25, 0.3) is 0 Å². The average molecular weight is 393 g/mol. The minimum absolute atomic E-state index is 0.00564. The molecule has 5 atom stereocenters. The number of aliphatic imine (C=N–C) groups is 1. The molecule has 154 valence electrons. The lowest BCUT2D eigenvalue weighted by Crippen LogP contribution is -2.32. The van der Waals surface area contributed by atoms with Gasteiger partial charge in [0.15, 0.2) is 0 Å². The molecular formula is C25H32N2O2. The highest BCUT2D eigenvalue weighted by Gasteiger charge is 2.36. The van der Waals surface area contributed by atoms with E-state index in [1.807, 2.05) is 36.4 Å². The number of pyridine rings is 1. The number of rotatable bonds is 5. The van der Waals surface area contributed by atoms with Crippen LogP contribution in [0.2, 0.25) is 0 Å². The molecule has 0 radical (unpaired) electrons. The van der Waals surface area contributed by atoms with Gasteiger partial charge in [0.2, 0.25) is 5.90 Å². The Hall–Kier alpha value is -2.20. The predicted octanol–water partition coefficient (Wildman–Crippen LogP) is 5.34. The highest BCUT2D eigenvalue weighted by Crippen LogP contribution is 2.44. The molecule has 4 heteroatoms. The fourth-order valence-corrected chi connectivity index (χ4v) is 4.95. The second kappa shape index (κ2) is 8.66. The molecular weight excluding hydrogens is 360 g/mol. The van der Waals surface area contributed by atoms with Crippen LogP contribution in [0, 0.1) is 23.7 Å². The molecule has 0 bridgehead atoms. The molecule has 1 saturated carbocycles. The van der Waals surface area contributed by atoms with Gasteiger partial charge in [0.05, 0.1) is 11.8 Å². The summed E-state index contributed by atoms with van der Waals surface area (Å²) < 4.78 is 5.87. The molecule has 1 N–H and O–H groups in total. The summed E-state index contributed by atoms with van der Waals surface area (Å²) in [6.07, 6.45) is 2.96. The standard InChI is InChI=1S/C25H32N2O2/c1-16(2)19-13-12-17(3)14-20(19)24(28)21-10-7-11-22(26-21)25-27-23(15-29-25)18-8-5-4-6-9-18/h4-11,16-17,19-20,23-24,28H,12-15H2,1-3H3/t17-,19+,20+,23+,24-/m1/s1. The third kappa shape index (κ3) is 4.37. The molecule has 0 amide bonds. The van der Waals surface area contributed by atoms with E-state index in [9.17, 15) is 5.11 Å². The third-order valence-corrected chi connectivity index (χ3v) is 6.61. The average Bonchev–Trinajstić information content (AvgIpc) is 3.24. The maximum Gasteiger partial charge on any atom is 0.236 e. The summed E-state index contributed by atoms with van der Waals surface area (Å²) in [7, 11) is 0. The van der Waals surface area contributed by atoms with Gasteiger partial charge in [0.25, 0.3) is 0 Å². The van der Waals surface area contributed by atoms with E-state index in [2.05, 4.69) is 32.9 Å². The van der Waals surface area contributed by atoms with Crippen molar-refractivity contribution >= 4 is 5.90 Å². The second-order valence-corrected chi connectivity index (χ2v) is 9.05. The number of nitrogens with zero attached hydrogens (tertiary/aromatic N) is 2. The van der Waals surface area contributed by atoms with Crippen LogP contribution in [0.1, 0.15) is 69.1 Å². The molecule has 2 heterocycles. The number of aromatic nitrogens is 1. The van der Waals surface area contributed by atoms with Crippen LogP contribution in [0.3, 0.4) is 0 Å². The summed E-state index contributed by atoms with van der Waals surface area (Å²) in [6.45, 7) is 7.37. The largest absolute Gasteiger partial charge is 0.474 e. The maximum atomic E-state index is 11.2. The van der Waals surface area contributed by atoms with Gasteiger partial charge >= 0.3 is 0 Å². The molecule has 0 saturated heterocycles. The fourth-order valence-electron chi connectivity index (χ4n) is 4.95. The van der Waals surface area contributed by atoms with E-state index in [0.717, 1.165) is 17.7 Å². The molecule has 29 heavy (non-hydrogen) atoms. The first kappa shape index (κ1) is 20.1. The summed E-state index contributed by atoms with van der Waals surface area (Å²) in [5.41, 5.74) is 2.60. The molecule has 1 aliphatic carbocycles. The van der Waals surface area contributed by atoms with Crippen molar-refractivity contribution in [1.82, 2.24) is 4.98 Å². The fraction of sp³-hybridized carbons (Fsp3) is 0.520. The van der Waals surface area contributed by atoms with Crippen molar-refractivity contribution < 1.29 is 9.84 Å². The van der Waals surface area contributed by atoms with Gasteiger partial charge < -0.3 is 9.84 Å². The minimum atomic E-state index is -0.544. The van der Waals surface area contributed by atoms with Crippen molar-refractivity contribution in [2.45, 2.75) is 52.2 Å². The monoisotopic (exact) mass is 392 g/mol. The van der Waals surface area contributed by atoms with Gasteiger partial charge in [-0.15, -0.1) is 0 Å².